The first kappa shape index (κ1) is 9.55. The van der Waals surface area contributed by atoms with Crippen LogP contribution in [0.5, 0.6) is 0 Å². The third-order valence-electron chi connectivity index (χ3n) is 1.09. The minimum Gasteiger partial charge on any atom is -0.393 e. The zero-order valence-corrected chi connectivity index (χ0v) is 5.87. The quantitative estimate of drug-likeness (QED) is 0.462. The predicted molar refractivity (Wildman–Crippen MR) is 34.4 cm³/mol. The summed E-state index contributed by atoms with van der Waals surface area (Å²) in [7, 11) is 0. The van der Waals surface area contributed by atoms with Crippen LogP contribution in [0.4, 0.5) is 0 Å². The fourth-order valence-corrected chi connectivity index (χ4v) is 0.537. The van der Waals surface area contributed by atoms with E-state index < -0.39 is 24.6 Å². The van der Waals surface area contributed by atoms with Crippen LogP contribution in [0, 0.1) is 0 Å². The Morgan fingerprint density at radius 1 is 1.50 bits per heavy atom. The number of hydrogen-bond acceptors (Lipinski definition) is 4. The second-order valence-corrected chi connectivity index (χ2v) is 2.53. The van der Waals surface area contributed by atoms with Crippen molar-refractivity contribution in [1.82, 2.24) is 0 Å². The Kier molecular flexibility index (Phi) is 3.49. The summed E-state index contributed by atoms with van der Waals surface area (Å²) in [5, 5.41) is 25.7. The molecule has 0 aromatic rings. The first-order chi connectivity index (χ1) is 4.52. The predicted octanol–water partition coefficient (Wildman–Crippen LogP) is -1.32. The van der Waals surface area contributed by atoms with Gasteiger partial charge in [-0.05, 0) is 6.92 Å². The van der Waals surface area contributed by atoms with E-state index in [0.717, 1.165) is 0 Å². The molecule has 0 fully saturated rings. The molecule has 0 bridgehead atoms. The van der Waals surface area contributed by atoms with Crippen molar-refractivity contribution >= 4 is 5.78 Å². The topological polar surface area (TPSA) is 77.8 Å². The Hall–Kier alpha value is -0.450. The van der Waals surface area contributed by atoms with Crippen LogP contribution < -0.4 is 0 Å². The summed E-state index contributed by atoms with van der Waals surface area (Å²) in [6, 6.07) is 0. The second kappa shape index (κ2) is 3.65. The standard InChI is InChI=1S/C6H12O4/c1-6(10,4-8)2-5(9)3-7/h7-8,10H,2-4H2,1H3. The van der Waals surface area contributed by atoms with Crippen molar-refractivity contribution in [3.63, 3.8) is 0 Å². The number of carbonyl (C=O) groups is 1. The van der Waals surface area contributed by atoms with Gasteiger partial charge in [-0.2, -0.15) is 0 Å². The van der Waals surface area contributed by atoms with Gasteiger partial charge in [-0.1, -0.05) is 0 Å². The van der Waals surface area contributed by atoms with Gasteiger partial charge in [-0.3, -0.25) is 4.79 Å². The summed E-state index contributed by atoms with van der Waals surface area (Å²) in [5.74, 6) is -0.473. The number of hydrogen-bond donors (Lipinski definition) is 3. The van der Waals surface area contributed by atoms with E-state index in [1.807, 2.05) is 0 Å². The Labute approximate surface area is 59.1 Å². The lowest BCUT2D eigenvalue weighted by Gasteiger charge is -2.17. The number of rotatable bonds is 4. The van der Waals surface area contributed by atoms with E-state index in [-0.39, 0.29) is 6.42 Å². The summed E-state index contributed by atoms with van der Waals surface area (Å²) >= 11 is 0. The van der Waals surface area contributed by atoms with Crippen molar-refractivity contribution < 1.29 is 20.1 Å². The molecule has 0 aliphatic carbocycles. The number of aliphatic hydroxyl groups excluding tert-OH is 2. The number of aliphatic hydroxyl groups is 3. The Bertz CT molecular complexity index is 119. The van der Waals surface area contributed by atoms with Crippen molar-refractivity contribution in [3.05, 3.63) is 0 Å². The van der Waals surface area contributed by atoms with Crippen LogP contribution in [0.25, 0.3) is 0 Å². The molecule has 4 heteroatoms. The molecule has 0 saturated carbocycles. The van der Waals surface area contributed by atoms with Crippen LogP contribution in [0.15, 0.2) is 0 Å². The highest BCUT2D eigenvalue weighted by atomic mass is 16.3. The van der Waals surface area contributed by atoms with Gasteiger partial charge in [0.25, 0.3) is 0 Å². The van der Waals surface area contributed by atoms with Gasteiger partial charge in [0.05, 0.1) is 12.2 Å². The summed E-state index contributed by atoms with van der Waals surface area (Å²) in [6.07, 6.45) is -0.208. The molecule has 10 heavy (non-hydrogen) atoms. The smallest absolute Gasteiger partial charge is 0.161 e. The molecule has 0 aliphatic rings. The van der Waals surface area contributed by atoms with Gasteiger partial charge in [0.1, 0.15) is 6.61 Å². The normalized spacial score (nSPS) is 16.4. The first-order valence-corrected chi connectivity index (χ1v) is 2.97. The first-order valence-electron chi connectivity index (χ1n) is 2.97. The monoisotopic (exact) mass is 148 g/mol. The number of Topliss-reactive ketones (excluding diaryl/α,β-unsaturated/α-hetero) is 1. The minimum absolute atomic E-state index is 0.208. The highest BCUT2D eigenvalue weighted by Gasteiger charge is 2.22. The Balaban J connectivity index is 3.76. The van der Waals surface area contributed by atoms with Crippen molar-refractivity contribution in [2.45, 2.75) is 18.9 Å². The molecule has 0 spiro atoms. The van der Waals surface area contributed by atoms with Crippen LogP contribution >= 0.6 is 0 Å². The van der Waals surface area contributed by atoms with E-state index in [4.69, 9.17) is 15.3 Å². The molecule has 4 nitrogen and oxygen atoms in total. The van der Waals surface area contributed by atoms with Crippen molar-refractivity contribution in [2.75, 3.05) is 13.2 Å². The maximum Gasteiger partial charge on any atom is 0.161 e. The molecule has 0 aliphatic heterocycles. The van der Waals surface area contributed by atoms with E-state index in [0.29, 0.717) is 0 Å². The molecule has 0 amide bonds. The summed E-state index contributed by atoms with van der Waals surface area (Å²) in [6.45, 7) is 0.273. The minimum atomic E-state index is -1.39. The van der Waals surface area contributed by atoms with Gasteiger partial charge in [0, 0.05) is 6.42 Å². The van der Waals surface area contributed by atoms with Crippen molar-refractivity contribution in [3.8, 4) is 0 Å². The lowest BCUT2D eigenvalue weighted by molar-refractivity contribution is -0.127. The number of carbonyl (C=O) groups excluding carboxylic acids is 1. The third-order valence-corrected chi connectivity index (χ3v) is 1.09. The average Bonchev–Trinajstić information content (AvgIpc) is 1.87. The van der Waals surface area contributed by atoms with E-state index in [9.17, 15) is 4.79 Å². The maximum absolute atomic E-state index is 10.5. The van der Waals surface area contributed by atoms with Gasteiger partial charge < -0.3 is 15.3 Å². The zero-order valence-electron chi connectivity index (χ0n) is 5.87. The lowest BCUT2D eigenvalue weighted by atomic mass is 10.0. The number of ketones is 1. The zero-order chi connectivity index (χ0) is 8.20. The highest BCUT2D eigenvalue weighted by molar-refractivity contribution is 5.80. The molecule has 0 saturated heterocycles. The SMILES string of the molecule is CC(O)(CO)CC(=O)CO. The lowest BCUT2D eigenvalue weighted by Crippen LogP contribution is -2.32. The maximum atomic E-state index is 10.5. The molecule has 0 heterocycles. The van der Waals surface area contributed by atoms with Crippen LogP contribution in [0.2, 0.25) is 0 Å². The molecule has 1 unspecified atom stereocenters. The summed E-state index contributed by atoms with van der Waals surface area (Å²) in [5.41, 5.74) is -1.39. The van der Waals surface area contributed by atoms with Crippen LogP contribution in [0.3, 0.4) is 0 Å². The molecule has 1 atom stereocenters. The largest absolute Gasteiger partial charge is 0.393 e. The highest BCUT2D eigenvalue weighted by Crippen LogP contribution is 2.07. The van der Waals surface area contributed by atoms with Gasteiger partial charge in [-0.25, -0.2) is 0 Å². The molecular weight excluding hydrogens is 136 g/mol. The fourth-order valence-electron chi connectivity index (χ4n) is 0.537. The molecule has 0 radical (unpaired) electrons. The van der Waals surface area contributed by atoms with E-state index >= 15 is 0 Å². The third kappa shape index (κ3) is 3.55. The Morgan fingerprint density at radius 3 is 2.30 bits per heavy atom. The Morgan fingerprint density at radius 2 is 2.00 bits per heavy atom. The fraction of sp³-hybridized carbons (Fsp3) is 0.833. The molecule has 0 rings (SSSR count). The second-order valence-electron chi connectivity index (χ2n) is 2.53. The van der Waals surface area contributed by atoms with Gasteiger partial charge in [0.15, 0.2) is 5.78 Å². The summed E-state index contributed by atoms with van der Waals surface area (Å²) < 4.78 is 0. The van der Waals surface area contributed by atoms with Gasteiger partial charge >= 0.3 is 0 Å². The van der Waals surface area contributed by atoms with Crippen molar-refractivity contribution in [2.24, 2.45) is 0 Å². The van der Waals surface area contributed by atoms with E-state index in [1.165, 1.54) is 6.92 Å². The van der Waals surface area contributed by atoms with E-state index in [1.54, 1.807) is 0 Å². The summed E-state index contributed by atoms with van der Waals surface area (Å²) in [4.78, 5) is 10.5. The molecular formula is C6H12O4. The average molecular weight is 148 g/mol. The molecule has 60 valence electrons. The molecule has 3 N–H and O–H groups in total. The van der Waals surface area contributed by atoms with Gasteiger partial charge in [-0.15, -0.1) is 0 Å². The molecule has 0 aromatic heterocycles. The molecule has 0 aromatic carbocycles. The van der Waals surface area contributed by atoms with Crippen LogP contribution in [0.1, 0.15) is 13.3 Å². The van der Waals surface area contributed by atoms with Gasteiger partial charge in [0.2, 0.25) is 0 Å². The van der Waals surface area contributed by atoms with E-state index in [2.05, 4.69) is 0 Å². The van der Waals surface area contributed by atoms with Crippen molar-refractivity contribution in [1.29, 1.82) is 0 Å². The van der Waals surface area contributed by atoms with Crippen LogP contribution in [-0.4, -0.2) is 39.9 Å². The van der Waals surface area contributed by atoms with Crippen LogP contribution in [-0.2, 0) is 4.79 Å².